The molecule has 1 rings (SSSR count). The summed E-state index contributed by atoms with van der Waals surface area (Å²) < 4.78 is 24.2. The number of nitrogens with zero attached hydrogens (tertiary/aromatic N) is 1. The molecule has 0 fully saturated rings. The van der Waals surface area contributed by atoms with Gasteiger partial charge in [0.2, 0.25) is 0 Å². The minimum atomic E-state index is -2.97. The van der Waals surface area contributed by atoms with Gasteiger partial charge < -0.3 is 10.7 Å². The zero-order valence-electron chi connectivity index (χ0n) is 6.66. The van der Waals surface area contributed by atoms with E-state index in [-0.39, 0.29) is 0 Å². The van der Waals surface area contributed by atoms with Crippen molar-refractivity contribution in [3.05, 3.63) is 32.2 Å². The topological polar surface area (TPSA) is 102 Å². The molecule has 1 aromatic rings. The van der Waals surface area contributed by atoms with Gasteiger partial charge in [-0.1, -0.05) is 0 Å². The Hall–Kier alpha value is -1.99. The number of nitrogens with one attached hydrogen (secondary N) is 1. The van der Waals surface area contributed by atoms with E-state index in [1.54, 1.807) is 4.98 Å². The van der Waals surface area contributed by atoms with Gasteiger partial charge in [0.25, 0.3) is 6.43 Å². The third-order valence-corrected chi connectivity index (χ3v) is 1.50. The summed E-state index contributed by atoms with van der Waals surface area (Å²) in [5.41, 5.74) is 1.71. The number of aromatic nitrogens is 1. The van der Waals surface area contributed by atoms with E-state index in [9.17, 15) is 23.7 Å². The third-order valence-electron chi connectivity index (χ3n) is 1.50. The summed E-state index contributed by atoms with van der Waals surface area (Å²) in [5, 5.41) is 10.2. The summed E-state index contributed by atoms with van der Waals surface area (Å²) in [5.74, 6) is 0. The molecule has 0 aliphatic heterocycles. The molecule has 1 aromatic heterocycles. The predicted octanol–water partition coefficient (Wildman–Crippen LogP) is 0.803. The number of alkyl halides is 2. The molecular formula is C6H5F2N3O3. The van der Waals surface area contributed by atoms with Crippen LogP contribution in [0.25, 0.3) is 0 Å². The Morgan fingerprint density at radius 1 is 1.57 bits per heavy atom. The molecule has 0 amide bonds. The molecule has 1 heterocycles. The molecular weight excluding hydrogens is 200 g/mol. The summed E-state index contributed by atoms with van der Waals surface area (Å²) in [7, 11) is 0. The Bertz CT molecular complexity index is 429. The van der Waals surface area contributed by atoms with E-state index in [1.165, 1.54) is 0 Å². The van der Waals surface area contributed by atoms with Gasteiger partial charge in [-0.2, -0.15) is 0 Å². The number of rotatable bonds is 2. The lowest BCUT2D eigenvalue weighted by molar-refractivity contribution is -0.386. The second-order valence-corrected chi connectivity index (χ2v) is 2.41. The van der Waals surface area contributed by atoms with Crippen LogP contribution in [0.4, 0.5) is 20.2 Å². The standard InChI is InChI=1S/C6H5F2N3O3/c7-5(8)4-2(9)1-3(11(13)14)6(12)10-4/h1,5H,9H2,(H,10,12). The van der Waals surface area contributed by atoms with E-state index in [2.05, 4.69) is 0 Å². The molecule has 3 N–H and O–H groups in total. The average Bonchev–Trinajstić information content (AvgIpc) is 2.07. The second kappa shape index (κ2) is 3.40. The lowest BCUT2D eigenvalue weighted by atomic mass is 10.3. The van der Waals surface area contributed by atoms with Crippen LogP contribution in [0, 0.1) is 10.1 Å². The van der Waals surface area contributed by atoms with Crippen LogP contribution in [0.3, 0.4) is 0 Å². The van der Waals surface area contributed by atoms with Crippen LogP contribution < -0.4 is 11.3 Å². The van der Waals surface area contributed by atoms with Crippen LogP contribution >= 0.6 is 0 Å². The minimum absolute atomic E-state index is 0.508. The number of hydrogen-bond donors (Lipinski definition) is 2. The Balaban J connectivity index is 3.39. The van der Waals surface area contributed by atoms with Crippen LogP contribution in [-0.4, -0.2) is 9.91 Å². The molecule has 0 spiro atoms. The zero-order chi connectivity index (χ0) is 10.9. The van der Waals surface area contributed by atoms with E-state index >= 15 is 0 Å². The molecule has 0 saturated heterocycles. The van der Waals surface area contributed by atoms with Gasteiger partial charge in [0.05, 0.1) is 10.6 Å². The number of halogens is 2. The first-order valence-corrected chi connectivity index (χ1v) is 3.38. The van der Waals surface area contributed by atoms with Crippen molar-refractivity contribution in [2.75, 3.05) is 5.73 Å². The summed E-state index contributed by atoms with van der Waals surface area (Å²) in [6.45, 7) is 0. The van der Waals surface area contributed by atoms with Gasteiger partial charge in [0.15, 0.2) is 0 Å². The maximum absolute atomic E-state index is 12.1. The monoisotopic (exact) mass is 205 g/mol. The van der Waals surface area contributed by atoms with E-state index in [0.29, 0.717) is 6.07 Å². The highest BCUT2D eigenvalue weighted by atomic mass is 19.3. The van der Waals surface area contributed by atoms with E-state index in [4.69, 9.17) is 5.73 Å². The molecule has 0 saturated carbocycles. The fraction of sp³-hybridized carbons (Fsp3) is 0.167. The molecule has 0 aromatic carbocycles. The number of H-pyrrole nitrogens is 1. The van der Waals surface area contributed by atoms with Gasteiger partial charge in [-0.25, -0.2) is 8.78 Å². The number of nitrogen functional groups attached to an aromatic ring is 1. The highest BCUT2D eigenvalue weighted by Gasteiger charge is 2.19. The van der Waals surface area contributed by atoms with Crippen molar-refractivity contribution in [2.45, 2.75) is 6.43 Å². The first-order chi connectivity index (χ1) is 6.43. The van der Waals surface area contributed by atoms with Crippen LogP contribution in [0.15, 0.2) is 10.9 Å². The zero-order valence-corrected chi connectivity index (χ0v) is 6.66. The Labute approximate surface area is 75.5 Å². The van der Waals surface area contributed by atoms with E-state index in [1.807, 2.05) is 0 Å². The molecule has 76 valence electrons. The first-order valence-electron chi connectivity index (χ1n) is 3.38. The van der Waals surface area contributed by atoms with Crippen LogP contribution in [0.2, 0.25) is 0 Å². The number of pyridine rings is 1. The SMILES string of the molecule is Nc1cc([N+](=O)[O-])c(=O)[nH]c1C(F)F. The summed E-state index contributed by atoms with van der Waals surface area (Å²) in [4.78, 5) is 21.7. The fourth-order valence-electron chi connectivity index (χ4n) is 0.865. The van der Waals surface area contributed by atoms with Crippen LogP contribution in [-0.2, 0) is 0 Å². The normalized spacial score (nSPS) is 10.5. The molecule has 14 heavy (non-hydrogen) atoms. The number of anilines is 1. The highest BCUT2D eigenvalue weighted by molar-refractivity contribution is 5.50. The lowest BCUT2D eigenvalue weighted by Crippen LogP contribution is -2.15. The van der Waals surface area contributed by atoms with Gasteiger partial charge in [-0.15, -0.1) is 0 Å². The maximum Gasteiger partial charge on any atom is 0.335 e. The molecule has 0 unspecified atom stereocenters. The third kappa shape index (κ3) is 1.68. The smallest absolute Gasteiger partial charge is 0.335 e. The van der Waals surface area contributed by atoms with Crippen molar-refractivity contribution in [3.63, 3.8) is 0 Å². The average molecular weight is 205 g/mol. The fourth-order valence-corrected chi connectivity index (χ4v) is 0.865. The van der Waals surface area contributed by atoms with E-state index < -0.39 is 34.0 Å². The van der Waals surface area contributed by atoms with Crippen molar-refractivity contribution < 1.29 is 13.7 Å². The van der Waals surface area contributed by atoms with Gasteiger partial charge in [-0.3, -0.25) is 14.9 Å². The number of nitro groups is 1. The summed E-state index contributed by atoms with van der Waals surface area (Å²) in [6.07, 6.45) is -2.97. The number of nitrogens with two attached hydrogens (primary N) is 1. The van der Waals surface area contributed by atoms with Crippen molar-refractivity contribution in [2.24, 2.45) is 0 Å². The molecule has 0 atom stereocenters. The molecule has 6 nitrogen and oxygen atoms in total. The second-order valence-electron chi connectivity index (χ2n) is 2.41. The Morgan fingerprint density at radius 3 is 2.57 bits per heavy atom. The van der Waals surface area contributed by atoms with Gasteiger partial charge >= 0.3 is 11.2 Å². The number of hydrogen-bond acceptors (Lipinski definition) is 4. The molecule has 0 aliphatic carbocycles. The minimum Gasteiger partial charge on any atom is -0.397 e. The largest absolute Gasteiger partial charge is 0.397 e. The molecule has 0 radical (unpaired) electrons. The van der Waals surface area contributed by atoms with E-state index in [0.717, 1.165) is 0 Å². The molecule has 0 bridgehead atoms. The van der Waals surface area contributed by atoms with Gasteiger partial charge in [0, 0.05) is 6.07 Å². The summed E-state index contributed by atoms with van der Waals surface area (Å²) in [6, 6.07) is 0.611. The van der Waals surface area contributed by atoms with Crippen LogP contribution in [0.5, 0.6) is 0 Å². The van der Waals surface area contributed by atoms with Gasteiger partial charge in [-0.05, 0) is 0 Å². The Kier molecular flexibility index (Phi) is 2.45. The molecule has 8 heteroatoms. The predicted molar refractivity (Wildman–Crippen MR) is 43.1 cm³/mol. The number of aromatic amines is 1. The van der Waals surface area contributed by atoms with Crippen molar-refractivity contribution in [1.29, 1.82) is 0 Å². The van der Waals surface area contributed by atoms with Crippen molar-refractivity contribution in [3.8, 4) is 0 Å². The van der Waals surface area contributed by atoms with Gasteiger partial charge in [0.1, 0.15) is 5.69 Å². The highest BCUT2D eigenvalue weighted by Crippen LogP contribution is 2.23. The Morgan fingerprint density at radius 2 is 2.14 bits per heavy atom. The quantitative estimate of drug-likeness (QED) is 0.550. The molecule has 0 aliphatic rings. The maximum atomic E-state index is 12.1. The first kappa shape index (κ1) is 10.1. The summed E-state index contributed by atoms with van der Waals surface area (Å²) >= 11 is 0. The lowest BCUT2D eigenvalue weighted by Gasteiger charge is -2.02. The van der Waals surface area contributed by atoms with Crippen molar-refractivity contribution in [1.82, 2.24) is 4.98 Å². The van der Waals surface area contributed by atoms with Crippen LogP contribution in [0.1, 0.15) is 12.1 Å². The van der Waals surface area contributed by atoms with Crippen molar-refractivity contribution >= 4 is 11.4 Å².